The quantitative estimate of drug-likeness (QED) is 0.608. The first-order chi connectivity index (χ1) is 15.0. The summed E-state index contributed by atoms with van der Waals surface area (Å²) < 4.78 is 18.4. The zero-order valence-corrected chi connectivity index (χ0v) is 18.1. The molecule has 1 fully saturated rings. The second-order valence-electron chi connectivity index (χ2n) is 7.35. The number of thiophene rings is 1. The number of rotatable bonds is 8. The molecule has 31 heavy (non-hydrogen) atoms. The highest BCUT2D eigenvalue weighted by Gasteiger charge is 2.34. The molecule has 2 aromatic rings. The van der Waals surface area contributed by atoms with Crippen molar-refractivity contribution in [3.8, 4) is 0 Å². The summed E-state index contributed by atoms with van der Waals surface area (Å²) in [5.41, 5.74) is 0.304. The van der Waals surface area contributed by atoms with E-state index in [0.29, 0.717) is 49.5 Å². The number of halogens is 1. The van der Waals surface area contributed by atoms with E-state index in [2.05, 4.69) is 10.6 Å². The molecule has 1 aliphatic heterocycles. The van der Waals surface area contributed by atoms with Crippen LogP contribution in [-0.2, 0) is 9.53 Å². The van der Waals surface area contributed by atoms with Crippen molar-refractivity contribution in [1.82, 2.24) is 15.5 Å². The van der Waals surface area contributed by atoms with Gasteiger partial charge in [-0.15, -0.1) is 11.3 Å². The highest BCUT2D eigenvalue weighted by atomic mass is 32.1. The van der Waals surface area contributed by atoms with Gasteiger partial charge in [-0.3, -0.25) is 14.4 Å². The SMILES string of the molecule is COCCNC(=O)C(NC(=O)c1cccs1)C1CCN(C(=O)c2cccc(F)c2)CC1. The Labute approximate surface area is 184 Å². The molecular weight excluding hydrogens is 421 g/mol. The Hall–Kier alpha value is -2.78. The van der Waals surface area contributed by atoms with Crippen LogP contribution in [0, 0.1) is 11.7 Å². The number of nitrogens with zero attached hydrogens (tertiary/aromatic N) is 1. The molecule has 1 saturated heterocycles. The minimum atomic E-state index is -0.710. The Bertz CT molecular complexity index is 898. The molecule has 3 amide bonds. The van der Waals surface area contributed by atoms with Crippen molar-refractivity contribution in [2.75, 3.05) is 33.4 Å². The van der Waals surface area contributed by atoms with Crippen LogP contribution in [0.15, 0.2) is 41.8 Å². The molecule has 1 aromatic heterocycles. The standard InChI is InChI=1S/C22H26FN3O4S/c1-30-12-9-24-21(28)19(25-20(27)18-6-3-13-31-18)15-7-10-26(11-8-15)22(29)16-4-2-5-17(23)14-16/h2-6,13-15,19H,7-12H2,1H3,(H,24,28)(H,25,27). The number of hydrogen-bond acceptors (Lipinski definition) is 5. The van der Waals surface area contributed by atoms with Crippen LogP contribution in [0.3, 0.4) is 0 Å². The number of benzene rings is 1. The summed E-state index contributed by atoms with van der Waals surface area (Å²) >= 11 is 1.31. The molecule has 9 heteroatoms. The zero-order chi connectivity index (χ0) is 22.2. The molecule has 1 aromatic carbocycles. The van der Waals surface area contributed by atoms with Gasteiger partial charge in [-0.05, 0) is 48.4 Å². The van der Waals surface area contributed by atoms with Crippen molar-refractivity contribution in [2.24, 2.45) is 5.92 Å². The third-order valence-electron chi connectivity index (χ3n) is 5.29. The minimum Gasteiger partial charge on any atom is -0.383 e. The predicted octanol–water partition coefficient (Wildman–Crippen LogP) is 2.30. The van der Waals surface area contributed by atoms with E-state index in [0.717, 1.165) is 0 Å². The number of amides is 3. The van der Waals surface area contributed by atoms with Crippen molar-refractivity contribution in [3.05, 3.63) is 58.0 Å². The lowest BCUT2D eigenvalue weighted by molar-refractivity contribution is -0.124. The average molecular weight is 448 g/mol. The number of hydrogen-bond donors (Lipinski definition) is 2. The number of carbonyl (C=O) groups excluding carboxylic acids is 3. The van der Waals surface area contributed by atoms with Gasteiger partial charge in [0.05, 0.1) is 11.5 Å². The van der Waals surface area contributed by atoms with Gasteiger partial charge in [0.1, 0.15) is 11.9 Å². The fourth-order valence-electron chi connectivity index (χ4n) is 3.64. The predicted molar refractivity (Wildman–Crippen MR) is 115 cm³/mol. The van der Waals surface area contributed by atoms with Crippen LogP contribution in [0.4, 0.5) is 4.39 Å². The van der Waals surface area contributed by atoms with E-state index in [1.165, 1.54) is 29.5 Å². The lowest BCUT2D eigenvalue weighted by Crippen LogP contribution is -2.54. The lowest BCUT2D eigenvalue weighted by Gasteiger charge is -2.35. The molecule has 0 saturated carbocycles. The summed E-state index contributed by atoms with van der Waals surface area (Å²) in [5, 5.41) is 7.47. The van der Waals surface area contributed by atoms with Crippen molar-refractivity contribution >= 4 is 29.1 Å². The molecule has 0 aliphatic carbocycles. The molecule has 2 heterocycles. The Balaban J connectivity index is 1.64. The maximum atomic E-state index is 13.5. The van der Waals surface area contributed by atoms with Gasteiger partial charge in [-0.2, -0.15) is 0 Å². The fourth-order valence-corrected chi connectivity index (χ4v) is 4.27. The third-order valence-corrected chi connectivity index (χ3v) is 6.16. The van der Waals surface area contributed by atoms with E-state index in [-0.39, 0.29) is 23.6 Å². The van der Waals surface area contributed by atoms with Gasteiger partial charge in [0.2, 0.25) is 5.91 Å². The normalized spacial score (nSPS) is 15.4. The monoisotopic (exact) mass is 447 g/mol. The smallest absolute Gasteiger partial charge is 0.262 e. The molecule has 0 bridgehead atoms. The van der Waals surface area contributed by atoms with E-state index in [1.807, 2.05) is 0 Å². The third kappa shape index (κ3) is 6.11. The van der Waals surface area contributed by atoms with Crippen LogP contribution < -0.4 is 10.6 Å². The number of piperidine rings is 1. The van der Waals surface area contributed by atoms with E-state index < -0.39 is 11.9 Å². The van der Waals surface area contributed by atoms with E-state index in [1.54, 1.807) is 35.6 Å². The molecule has 1 aliphatic rings. The summed E-state index contributed by atoms with van der Waals surface area (Å²) in [5.74, 6) is -1.37. The van der Waals surface area contributed by atoms with Gasteiger partial charge < -0.3 is 20.3 Å². The Morgan fingerprint density at radius 3 is 2.65 bits per heavy atom. The lowest BCUT2D eigenvalue weighted by atomic mass is 9.88. The van der Waals surface area contributed by atoms with Crippen LogP contribution in [0.2, 0.25) is 0 Å². The largest absolute Gasteiger partial charge is 0.383 e. The summed E-state index contributed by atoms with van der Waals surface area (Å²) in [6.07, 6.45) is 1.10. The molecule has 1 unspecified atom stereocenters. The summed E-state index contributed by atoms with van der Waals surface area (Å²) in [4.78, 5) is 40.2. The first-order valence-electron chi connectivity index (χ1n) is 10.2. The van der Waals surface area contributed by atoms with Crippen LogP contribution in [-0.4, -0.2) is 62.0 Å². The maximum Gasteiger partial charge on any atom is 0.262 e. The zero-order valence-electron chi connectivity index (χ0n) is 17.3. The van der Waals surface area contributed by atoms with Crippen molar-refractivity contribution in [3.63, 3.8) is 0 Å². The molecule has 2 N–H and O–H groups in total. The molecule has 3 rings (SSSR count). The highest BCUT2D eigenvalue weighted by Crippen LogP contribution is 2.23. The second-order valence-corrected chi connectivity index (χ2v) is 8.30. The van der Waals surface area contributed by atoms with Gasteiger partial charge in [-0.1, -0.05) is 12.1 Å². The first-order valence-corrected chi connectivity index (χ1v) is 11.0. The van der Waals surface area contributed by atoms with Gasteiger partial charge in [0.15, 0.2) is 0 Å². The number of likely N-dealkylation sites (tertiary alicyclic amines) is 1. The Morgan fingerprint density at radius 1 is 1.23 bits per heavy atom. The highest BCUT2D eigenvalue weighted by molar-refractivity contribution is 7.12. The molecule has 0 spiro atoms. The van der Waals surface area contributed by atoms with Gasteiger partial charge in [-0.25, -0.2) is 4.39 Å². The molecule has 0 radical (unpaired) electrons. The molecule has 166 valence electrons. The van der Waals surface area contributed by atoms with Crippen molar-refractivity contribution in [2.45, 2.75) is 18.9 Å². The summed E-state index contributed by atoms with van der Waals surface area (Å²) in [6.45, 7) is 1.57. The number of carbonyl (C=O) groups is 3. The number of methoxy groups -OCH3 is 1. The molecule has 7 nitrogen and oxygen atoms in total. The topological polar surface area (TPSA) is 87.7 Å². The summed E-state index contributed by atoms with van der Waals surface area (Å²) in [7, 11) is 1.55. The van der Waals surface area contributed by atoms with Gasteiger partial charge in [0, 0.05) is 32.3 Å². The van der Waals surface area contributed by atoms with Crippen LogP contribution in [0.1, 0.15) is 32.9 Å². The maximum absolute atomic E-state index is 13.5. The van der Waals surface area contributed by atoms with E-state index in [4.69, 9.17) is 4.74 Å². The Morgan fingerprint density at radius 2 is 2.00 bits per heavy atom. The summed E-state index contributed by atoms with van der Waals surface area (Å²) in [6, 6.07) is 8.40. The number of ether oxygens (including phenoxy) is 1. The van der Waals surface area contributed by atoms with E-state index >= 15 is 0 Å². The van der Waals surface area contributed by atoms with Crippen LogP contribution in [0.25, 0.3) is 0 Å². The van der Waals surface area contributed by atoms with Crippen LogP contribution in [0.5, 0.6) is 0 Å². The van der Waals surface area contributed by atoms with Crippen molar-refractivity contribution < 1.29 is 23.5 Å². The molecular formula is C22H26FN3O4S. The second kappa shape index (κ2) is 11.0. The fraction of sp³-hybridized carbons (Fsp3) is 0.409. The van der Waals surface area contributed by atoms with E-state index in [9.17, 15) is 18.8 Å². The molecule has 1 atom stereocenters. The average Bonchev–Trinajstić information content (AvgIpc) is 3.32. The number of nitrogens with one attached hydrogen (secondary N) is 2. The van der Waals surface area contributed by atoms with Crippen LogP contribution >= 0.6 is 11.3 Å². The van der Waals surface area contributed by atoms with Gasteiger partial charge >= 0.3 is 0 Å². The van der Waals surface area contributed by atoms with Crippen molar-refractivity contribution in [1.29, 1.82) is 0 Å². The minimum absolute atomic E-state index is 0.122. The first kappa shape index (κ1) is 22.9. The van der Waals surface area contributed by atoms with Gasteiger partial charge in [0.25, 0.3) is 11.8 Å². The Kier molecular flexibility index (Phi) is 8.13.